The van der Waals surface area contributed by atoms with Gasteiger partial charge in [0.05, 0.1) is 0 Å². The van der Waals surface area contributed by atoms with Gasteiger partial charge in [-0.25, -0.2) is 0 Å². The Hall–Kier alpha value is -2.00. The van der Waals surface area contributed by atoms with Crippen LogP contribution in [0, 0.1) is 6.92 Å². The van der Waals surface area contributed by atoms with Crippen molar-refractivity contribution >= 4 is 23.2 Å². The van der Waals surface area contributed by atoms with Gasteiger partial charge in [-0.1, -0.05) is 43.6 Å². The summed E-state index contributed by atoms with van der Waals surface area (Å²) in [5.41, 5.74) is 2.90. The summed E-state index contributed by atoms with van der Waals surface area (Å²) in [7, 11) is 0. The molecule has 0 unspecified atom stereocenters. The molecule has 0 saturated carbocycles. The quantitative estimate of drug-likeness (QED) is 0.792. The molecule has 0 aliphatic rings. The lowest BCUT2D eigenvalue weighted by Gasteiger charge is -2.16. The highest BCUT2D eigenvalue weighted by Crippen LogP contribution is 2.26. The van der Waals surface area contributed by atoms with Crippen molar-refractivity contribution < 1.29 is 9.53 Å². The molecule has 23 heavy (non-hydrogen) atoms. The fourth-order valence-electron chi connectivity index (χ4n) is 2.36. The first-order valence-electron chi connectivity index (χ1n) is 7.79. The fourth-order valence-corrected chi connectivity index (χ4v) is 2.59. The second kappa shape index (κ2) is 8.02. The molecule has 0 spiro atoms. The third kappa shape index (κ3) is 4.73. The van der Waals surface area contributed by atoms with Crippen molar-refractivity contribution in [1.82, 2.24) is 0 Å². The van der Waals surface area contributed by atoms with Gasteiger partial charge in [-0.15, -0.1) is 0 Å². The van der Waals surface area contributed by atoms with Gasteiger partial charge in [-0.2, -0.15) is 0 Å². The normalized spacial score (nSPS) is 11.8. The molecule has 122 valence electrons. The highest BCUT2D eigenvalue weighted by molar-refractivity contribution is 6.30. The first-order chi connectivity index (χ1) is 11.0. The topological polar surface area (TPSA) is 38.3 Å². The molecular weight excluding hydrogens is 310 g/mol. The van der Waals surface area contributed by atoms with Crippen LogP contribution in [0.25, 0.3) is 0 Å². The average Bonchev–Trinajstić information content (AvgIpc) is 2.54. The van der Waals surface area contributed by atoms with E-state index in [4.69, 9.17) is 16.3 Å². The molecule has 2 aromatic rings. The SMILES string of the molecule is CC[C@@H](C)c1ccccc1NC(=O)COc1ccc(Cl)cc1C. The van der Waals surface area contributed by atoms with Crippen LogP contribution in [0.2, 0.25) is 5.02 Å². The summed E-state index contributed by atoms with van der Waals surface area (Å²) in [4.78, 5) is 12.2. The molecule has 0 aromatic heterocycles. The molecule has 0 heterocycles. The van der Waals surface area contributed by atoms with E-state index >= 15 is 0 Å². The highest BCUT2D eigenvalue weighted by Gasteiger charge is 2.11. The lowest BCUT2D eigenvalue weighted by molar-refractivity contribution is -0.118. The van der Waals surface area contributed by atoms with Crippen LogP contribution in [0.15, 0.2) is 42.5 Å². The van der Waals surface area contributed by atoms with Crippen LogP contribution >= 0.6 is 11.6 Å². The van der Waals surface area contributed by atoms with Crippen molar-refractivity contribution in [2.75, 3.05) is 11.9 Å². The minimum Gasteiger partial charge on any atom is -0.483 e. The van der Waals surface area contributed by atoms with Crippen molar-refractivity contribution in [2.45, 2.75) is 33.1 Å². The molecule has 1 amide bonds. The molecule has 0 fully saturated rings. The van der Waals surface area contributed by atoms with Crippen LogP contribution in [-0.4, -0.2) is 12.5 Å². The smallest absolute Gasteiger partial charge is 0.262 e. The van der Waals surface area contributed by atoms with Gasteiger partial charge >= 0.3 is 0 Å². The van der Waals surface area contributed by atoms with Crippen LogP contribution in [0.1, 0.15) is 37.3 Å². The van der Waals surface area contributed by atoms with E-state index < -0.39 is 0 Å². The van der Waals surface area contributed by atoms with E-state index in [2.05, 4.69) is 19.2 Å². The molecule has 4 heteroatoms. The molecule has 0 aliphatic carbocycles. The van der Waals surface area contributed by atoms with Crippen molar-refractivity contribution in [3.8, 4) is 5.75 Å². The van der Waals surface area contributed by atoms with E-state index in [0.717, 1.165) is 23.2 Å². The summed E-state index contributed by atoms with van der Waals surface area (Å²) in [6.45, 7) is 6.16. The molecule has 0 saturated heterocycles. The maximum atomic E-state index is 12.2. The molecule has 2 aromatic carbocycles. The van der Waals surface area contributed by atoms with Crippen LogP contribution in [0.5, 0.6) is 5.75 Å². The second-order valence-electron chi connectivity index (χ2n) is 5.64. The van der Waals surface area contributed by atoms with Crippen LogP contribution in [0.4, 0.5) is 5.69 Å². The Morgan fingerprint density at radius 2 is 2.00 bits per heavy atom. The number of hydrogen-bond acceptors (Lipinski definition) is 2. The Morgan fingerprint density at radius 1 is 1.26 bits per heavy atom. The molecule has 0 radical (unpaired) electrons. The van der Waals surface area contributed by atoms with Gasteiger partial charge in [0.25, 0.3) is 5.91 Å². The molecule has 0 aliphatic heterocycles. The summed E-state index contributed by atoms with van der Waals surface area (Å²) in [6.07, 6.45) is 1.02. The summed E-state index contributed by atoms with van der Waals surface area (Å²) < 4.78 is 5.58. The number of hydrogen-bond donors (Lipinski definition) is 1. The number of carbonyl (C=O) groups excluding carboxylic acids is 1. The summed E-state index contributed by atoms with van der Waals surface area (Å²) in [5.74, 6) is 0.890. The van der Waals surface area contributed by atoms with Gasteiger partial charge in [0.15, 0.2) is 6.61 Å². The van der Waals surface area contributed by atoms with Gasteiger partial charge in [0.2, 0.25) is 0 Å². The first kappa shape index (κ1) is 17.4. The minimum atomic E-state index is -0.171. The van der Waals surface area contributed by atoms with Crippen molar-refractivity contribution in [1.29, 1.82) is 0 Å². The van der Waals surface area contributed by atoms with Crippen molar-refractivity contribution in [2.24, 2.45) is 0 Å². The lowest BCUT2D eigenvalue weighted by Crippen LogP contribution is -2.21. The van der Waals surface area contributed by atoms with E-state index in [1.54, 1.807) is 12.1 Å². The zero-order valence-corrected chi connectivity index (χ0v) is 14.5. The predicted octanol–water partition coefficient (Wildman–Crippen LogP) is 5.18. The number of rotatable bonds is 6. The summed E-state index contributed by atoms with van der Waals surface area (Å²) in [5, 5.41) is 3.59. The number of halogens is 1. The Labute approximate surface area is 142 Å². The number of benzene rings is 2. The molecule has 3 nitrogen and oxygen atoms in total. The molecule has 2 rings (SSSR count). The summed E-state index contributed by atoms with van der Waals surface area (Å²) in [6, 6.07) is 13.2. The Balaban J connectivity index is 2.00. The standard InChI is InChI=1S/C19H22ClNO2/c1-4-13(2)16-7-5-6-8-17(16)21-19(22)12-23-18-10-9-15(20)11-14(18)3/h5-11,13H,4,12H2,1-3H3,(H,21,22)/t13-/m1/s1. The van der Waals surface area contributed by atoms with Gasteiger partial charge in [-0.3, -0.25) is 4.79 Å². The zero-order chi connectivity index (χ0) is 16.8. The third-order valence-electron chi connectivity index (χ3n) is 3.87. The van der Waals surface area contributed by atoms with Crippen molar-refractivity contribution in [3.63, 3.8) is 0 Å². The number of nitrogens with one attached hydrogen (secondary N) is 1. The second-order valence-corrected chi connectivity index (χ2v) is 6.08. The van der Waals surface area contributed by atoms with Crippen LogP contribution < -0.4 is 10.1 Å². The number of amides is 1. The Bertz CT molecular complexity index is 685. The zero-order valence-electron chi connectivity index (χ0n) is 13.7. The maximum Gasteiger partial charge on any atom is 0.262 e. The fraction of sp³-hybridized carbons (Fsp3) is 0.316. The molecular formula is C19H22ClNO2. The number of para-hydroxylation sites is 1. The minimum absolute atomic E-state index is 0.0304. The van der Waals surface area contributed by atoms with Crippen LogP contribution in [0.3, 0.4) is 0 Å². The molecule has 1 atom stereocenters. The van der Waals surface area contributed by atoms with Gasteiger partial charge in [0, 0.05) is 10.7 Å². The average molecular weight is 332 g/mol. The number of aryl methyl sites for hydroxylation is 1. The largest absolute Gasteiger partial charge is 0.483 e. The first-order valence-corrected chi connectivity index (χ1v) is 8.16. The molecule has 1 N–H and O–H groups in total. The predicted molar refractivity (Wildman–Crippen MR) is 95.5 cm³/mol. The van der Waals surface area contributed by atoms with Gasteiger partial charge < -0.3 is 10.1 Å². The highest BCUT2D eigenvalue weighted by atomic mass is 35.5. The van der Waals surface area contributed by atoms with Crippen LogP contribution in [-0.2, 0) is 4.79 Å². The van der Waals surface area contributed by atoms with Crippen molar-refractivity contribution in [3.05, 3.63) is 58.6 Å². The van der Waals surface area contributed by atoms with Gasteiger partial charge in [0.1, 0.15) is 5.75 Å². The Kier molecular flexibility index (Phi) is 6.05. The number of ether oxygens (including phenoxy) is 1. The van der Waals surface area contributed by atoms with E-state index in [9.17, 15) is 4.79 Å². The molecule has 0 bridgehead atoms. The van der Waals surface area contributed by atoms with E-state index in [1.807, 2.05) is 37.3 Å². The third-order valence-corrected chi connectivity index (χ3v) is 4.11. The van der Waals surface area contributed by atoms with E-state index in [1.165, 1.54) is 0 Å². The lowest BCUT2D eigenvalue weighted by atomic mass is 9.97. The number of carbonyl (C=O) groups is 1. The number of anilines is 1. The van der Waals surface area contributed by atoms with E-state index in [-0.39, 0.29) is 12.5 Å². The monoisotopic (exact) mass is 331 g/mol. The Morgan fingerprint density at radius 3 is 2.70 bits per heavy atom. The van der Waals surface area contributed by atoms with E-state index in [0.29, 0.717) is 16.7 Å². The van der Waals surface area contributed by atoms with Gasteiger partial charge in [-0.05, 0) is 54.7 Å². The summed E-state index contributed by atoms with van der Waals surface area (Å²) >= 11 is 5.91. The maximum absolute atomic E-state index is 12.2.